The molecule has 164 valence electrons. The number of fused-ring (bicyclic) bond motifs is 2. The lowest BCUT2D eigenvalue weighted by Gasteiger charge is -2.07. The van der Waals surface area contributed by atoms with Crippen molar-refractivity contribution in [3.63, 3.8) is 0 Å². The van der Waals surface area contributed by atoms with E-state index in [4.69, 9.17) is 0 Å². The highest BCUT2D eigenvalue weighted by molar-refractivity contribution is 7.89. The van der Waals surface area contributed by atoms with E-state index in [1.54, 1.807) is 12.1 Å². The fraction of sp³-hybridized carbons (Fsp3) is 0.455. The predicted octanol–water partition coefficient (Wildman–Crippen LogP) is 2.93. The number of hydrogen-bond acceptors (Lipinski definition) is 4. The van der Waals surface area contributed by atoms with E-state index < -0.39 is 20.0 Å². The van der Waals surface area contributed by atoms with Crippen LogP contribution in [0.2, 0.25) is 0 Å². The molecule has 2 aromatic rings. The van der Waals surface area contributed by atoms with Crippen LogP contribution in [0.25, 0.3) is 0 Å². The van der Waals surface area contributed by atoms with Gasteiger partial charge in [0, 0.05) is 13.1 Å². The third-order valence-electron chi connectivity index (χ3n) is 5.39. The zero-order valence-electron chi connectivity index (χ0n) is 17.9. The second kappa shape index (κ2) is 8.78. The van der Waals surface area contributed by atoms with Crippen LogP contribution >= 0.6 is 0 Å². The molecule has 2 atom stereocenters. The Labute approximate surface area is 180 Å². The molecule has 0 unspecified atom stereocenters. The summed E-state index contributed by atoms with van der Waals surface area (Å²) in [5.41, 5.74) is 4.09. The summed E-state index contributed by atoms with van der Waals surface area (Å²) in [7, 11) is -6.56. The van der Waals surface area contributed by atoms with Crippen molar-refractivity contribution in [2.45, 2.75) is 50.3 Å². The van der Waals surface area contributed by atoms with Crippen molar-refractivity contribution in [1.82, 2.24) is 9.44 Å². The summed E-state index contributed by atoms with van der Waals surface area (Å²) < 4.78 is 52.6. The first kappa shape index (κ1) is 22.9. The summed E-state index contributed by atoms with van der Waals surface area (Å²) in [5.74, 6) is 0.700. The smallest absolute Gasteiger partial charge is 0.211 e. The standard InChI is InChI=1S/2C11H15NO2S/c2*1-8-3-4-11-10(5-8)6-9(2)7-12-15(11,13)14/h2*3-5,9,12H,6-7H2,1-2H3/t2*9-/m10/s1. The highest BCUT2D eigenvalue weighted by Gasteiger charge is 2.25. The lowest BCUT2D eigenvalue weighted by atomic mass is 10.00. The second-order valence-corrected chi connectivity index (χ2v) is 12.0. The van der Waals surface area contributed by atoms with Crippen molar-refractivity contribution in [3.05, 3.63) is 58.7 Å². The average Bonchev–Trinajstić information content (AvgIpc) is 2.83. The summed E-state index contributed by atoms with van der Waals surface area (Å²) in [6.07, 6.45) is 1.65. The van der Waals surface area contributed by atoms with Gasteiger partial charge in [0.2, 0.25) is 20.0 Å². The Morgan fingerprint density at radius 2 is 1.07 bits per heavy atom. The average molecular weight is 451 g/mol. The first-order chi connectivity index (χ1) is 14.0. The van der Waals surface area contributed by atoms with Gasteiger partial charge in [0.15, 0.2) is 0 Å². The lowest BCUT2D eigenvalue weighted by Crippen LogP contribution is -2.26. The lowest BCUT2D eigenvalue weighted by molar-refractivity contribution is 0.551. The molecule has 0 bridgehead atoms. The van der Waals surface area contributed by atoms with Gasteiger partial charge >= 0.3 is 0 Å². The molecule has 2 N–H and O–H groups in total. The molecule has 2 aliphatic rings. The molecule has 30 heavy (non-hydrogen) atoms. The topological polar surface area (TPSA) is 92.3 Å². The minimum atomic E-state index is -3.28. The van der Waals surface area contributed by atoms with Crippen LogP contribution < -0.4 is 9.44 Å². The maximum atomic E-state index is 11.8. The first-order valence-corrected chi connectivity index (χ1v) is 13.1. The number of aryl methyl sites for hydroxylation is 2. The van der Waals surface area contributed by atoms with Crippen molar-refractivity contribution >= 4 is 20.0 Å². The van der Waals surface area contributed by atoms with Crippen molar-refractivity contribution < 1.29 is 16.8 Å². The minimum absolute atomic E-state index is 0.350. The van der Waals surface area contributed by atoms with E-state index >= 15 is 0 Å². The van der Waals surface area contributed by atoms with Gasteiger partial charge in [-0.3, -0.25) is 0 Å². The van der Waals surface area contributed by atoms with Gasteiger partial charge < -0.3 is 0 Å². The molecule has 6 nitrogen and oxygen atoms in total. The van der Waals surface area contributed by atoms with Crippen LogP contribution in [-0.2, 0) is 32.9 Å². The molecule has 2 heterocycles. The molecule has 0 amide bonds. The van der Waals surface area contributed by atoms with Gasteiger partial charge in [-0.1, -0.05) is 49.2 Å². The predicted molar refractivity (Wildman–Crippen MR) is 118 cm³/mol. The Morgan fingerprint density at radius 3 is 1.43 bits per heavy atom. The highest BCUT2D eigenvalue weighted by atomic mass is 32.2. The molecule has 0 radical (unpaired) electrons. The van der Waals surface area contributed by atoms with Crippen molar-refractivity contribution in [3.8, 4) is 0 Å². The van der Waals surface area contributed by atoms with Crippen LogP contribution in [0.5, 0.6) is 0 Å². The SMILES string of the molecule is Cc1ccc2c(c1)C[C@@H](C)CNS2(=O)=O.Cc1ccc2c(c1)C[C@H](C)CNS2(=O)=O. The highest BCUT2D eigenvalue weighted by Crippen LogP contribution is 2.24. The van der Waals surface area contributed by atoms with E-state index in [0.717, 1.165) is 35.1 Å². The summed E-state index contributed by atoms with van der Waals surface area (Å²) in [4.78, 5) is 0.884. The van der Waals surface area contributed by atoms with E-state index in [9.17, 15) is 16.8 Å². The Bertz CT molecular complexity index is 1050. The molecule has 0 fully saturated rings. The maximum absolute atomic E-state index is 11.8. The van der Waals surface area contributed by atoms with E-state index in [1.165, 1.54) is 0 Å². The Hall–Kier alpha value is -1.74. The number of nitrogens with one attached hydrogen (secondary N) is 2. The van der Waals surface area contributed by atoms with Crippen LogP contribution in [0.3, 0.4) is 0 Å². The molecule has 0 saturated heterocycles. The van der Waals surface area contributed by atoms with E-state index in [1.807, 2.05) is 38.1 Å². The number of hydrogen-bond donors (Lipinski definition) is 2. The molecule has 4 rings (SSSR count). The molecule has 2 aromatic carbocycles. The van der Waals surface area contributed by atoms with Gasteiger partial charge in [0.25, 0.3) is 0 Å². The van der Waals surface area contributed by atoms with Gasteiger partial charge in [0.1, 0.15) is 0 Å². The monoisotopic (exact) mass is 450 g/mol. The van der Waals surface area contributed by atoms with Crippen molar-refractivity contribution in [2.24, 2.45) is 11.8 Å². The van der Waals surface area contributed by atoms with Crippen LogP contribution in [-0.4, -0.2) is 29.9 Å². The summed E-state index contributed by atoms with van der Waals surface area (Å²) in [6.45, 7) is 9.12. The molecule has 0 aromatic heterocycles. The van der Waals surface area contributed by atoms with Gasteiger partial charge in [-0.15, -0.1) is 0 Å². The number of rotatable bonds is 0. The van der Waals surface area contributed by atoms with E-state index in [-0.39, 0.29) is 0 Å². The Balaban J connectivity index is 0.000000171. The zero-order chi connectivity index (χ0) is 22.1. The van der Waals surface area contributed by atoms with Crippen LogP contribution in [0.1, 0.15) is 36.1 Å². The van der Waals surface area contributed by atoms with E-state index in [2.05, 4.69) is 23.3 Å². The second-order valence-electron chi connectivity index (χ2n) is 8.54. The third-order valence-corrected chi connectivity index (χ3v) is 8.44. The summed E-state index contributed by atoms with van der Waals surface area (Å²) >= 11 is 0. The molecule has 0 saturated carbocycles. The zero-order valence-corrected chi connectivity index (χ0v) is 19.5. The van der Waals surface area contributed by atoms with Crippen LogP contribution in [0.15, 0.2) is 46.2 Å². The van der Waals surface area contributed by atoms with Crippen LogP contribution in [0.4, 0.5) is 0 Å². The molecular weight excluding hydrogens is 420 g/mol. The Morgan fingerprint density at radius 1 is 0.700 bits per heavy atom. The molecule has 0 spiro atoms. The van der Waals surface area contributed by atoms with Gasteiger partial charge in [-0.25, -0.2) is 26.3 Å². The molecule has 8 heteroatoms. The molecule has 0 aliphatic carbocycles. The summed E-state index contributed by atoms with van der Waals surface area (Å²) in [5, 5.41) is 0. The molecular formula is C22H30N2O4S2. The minimum Gasteiger partial charge on any atom is -0.211 e. The normalized spacial score (nSPS) is 24.3. The largest absolute Gasteiger partial charge is 0.240 e. The van der Waals surface area contributed by atoms with Gasteiger partial charge in [-0.05, 0) is 61.8 Å². The van der Waals surface area contributed by atoms with E-state index in [0.29, 0.717) is 34.7 Å². The molecule has 2 aliphatic heterocycles. The number of sulfonamides is 2. The van der Waals surface area contributed by atoms with Gasteiger partial charge in [0.05, 0.1) is 9.79 Å². The van der Waals surface area contributed by atoms with Crippen molar-refractivity contribution in [2.75, 3.05) is 13.1 Å². The fourth-order valence-corrected chi connectivity index (χ4v) is 6.60. The Kier molecular flexibility index (Phi) is 6.72. The van der Waals surface area contributed by atoms with Crippen molar-refractivity contribution in [1.29, 1.82) is 0 Å². The fourth-order valence-electron chi connectivity index (χ4n) is 3.81. The summed E-state index contributed by atoms with van der Waals surface area (Å²) in [6, 6.07) is 11.0. The quantitative estimate of drug-likeness (QED) is 0.645. The first-order valence-electron chi connectivity index (χ1n) is 10.2. The maximum Gasteiger partial charge on any atom is 0.240 e. The number of benzene rings is 2. The van der Waals surface area contributed by atoms with Gasteiger partial charge in [-0.2, -0.15) is 0 Å². The third kappa shape index (κ3) is 5.29. The van der Waals surface area contributed by atoms with Crippen LogP contribution in [0, 0.1) is 25.7 Å².